The summed E-state index contributed by atoms with van der Waals surface area (Å²) in [7, 11) is 0. The summed E-state index contributed by atoms with van der Waals surface area (Å²) in [4.78, 5) is 37.7. The molecule has 0 spiro atoms. The zero-order chi connectivity index (χ0) is 19.1. The maximum Gasteiger partial charge on any atom is 0.331 e. The third kappa shape index (κ3) is 5.67. The number of amides is 1. The molecule has 1 N–H and O–H groups in total. The molecule has 0 aliphatic heterocycles. The van der Waals surface area contributed by atoms with Gasteiger partial charge in [-0.05, 0) is 42.8 Å². The fraction of sp³-hybridized carbons (Fsp3) is 0.118. The summed E-state index contributed by atoms with van der Waals surface area (Å²) >= 11 is 5.70. The largest absolute Gasteiger partial charge is 0.449 e. The van der Waals surface area contributed by atoms with Gasteiger partial charge in [0, 0.05) is 24.4 Å². The summed E-state index contributed by atoms with van der Waals surface area (Å²) in [5.41, 5.74) is 0.529. The summed E-state index contributed by atoms with van der Waals surface area (Å²) < 4.78 is 4.99. The summed E-state index contributed by atoms with van der Waals surface area (Å²) in [6, 6.07) is 8.70. The van der Waals surface area contributed by atoms with Crippen molar-refractivity contribution in [3.8, 4) is 0 Å². The highest BCUT2D eigenvalue weighted by atomic mass is 35.5. The molecule has 0 bridgehead atoms. The topological polar surface area (TPSA) is 111 Å². The molecule has 0 saturated heterocycles. The van der Waals surface area contributed by atoms with Crippen molar-refractivity contribution in [2.45, 2.75) is 13.0 Å². The number of aromatic nitrogens is 1. The molecular formula is C17H14ClN3O5. The van der Waals surface area contributed by atoms with Crippen molar-refractivity contribution >= 4 is 41.1 Å². The Balaban J connectivity index is 1.88. The van der Waals surface area contributed by atoms with Gasteiger partial charge in [0.15, 0.2) is 6.10 Å². The van der Waals surface area contributed by atoms with Gasteiger partial charge in [-0.2, -0.15) is 0 Å². The molecule has 0 radical (unpaired) electrons. The number of nitrogens with one attached hydrogen (secondary N) is 1. The van der Waals surface area contributed by atoms with Crippen molar-refractivity contribution < 1.29 is 19.2 Å². The lowest BCUT2D eigenvalue weighted by Crippen LogP contribution is -2.29. The number of hydrogen-bond donors (Lipinski definition) is 1. The number of carbonyl (C=O) groups is 2. The second-order valence-corrected chi connectivity index (χ2v) is 5.55. The number of nitro groups is 1. The number of nitrogens with zero attached hydrogens (tertiary/aromatic N) is 2. The number of non-ortho nitro benzene ring substituents is 1. The van der Waals surface area contributed by atoms with E-state index in [-0.39, 0.29) is 11.5 Å². The molecule has 1 aromatic carbocycles. The van der Waals surface area contributed by atoms with Gasteiger partial charge in [-0.3, -0.25) is 14.9 Å². The lowest BCUT2D eigenvalue weighted by molar-refractivity contribution is -0.384. The number of rotatable bonds is 6. The first-order chi connectivity index (χ1) is 12.3. The molecule has 0 saturated carbocycles. The minimum atomic E-state index is -1.04. The van der Waals surface area contributed by atoms with Crippen molar-refractivity contribution in [2.24, 2.45) is 0 Å². The lowest BCUT2D eigenvalue weighted by atomic mass is 10.2. The number of anilines is 1. The second-order valence-electron chi connectivity index (χ2n) is 5.11. The minimum absolute atomic E-state index is 0.0502. The number of carbonyl (C=O) groups excluding carboxylic acids is 2. The molecule has 2 aromatic rings. The van der Waals surface area contributed by atoms with Crippen molar-refractivity contribution in [3.63, 3.8) is 0 Å². The predicted octanol–water partition coefficient (Wildman–Crippen LogP) is 3.23. The maximum absolute atomic E-state index is 12.0. The smallest absolute Gasteiger partial charge is 0.331 e. The second kappa shape index (κ2) is 8.72. The Morgan fingerprint density at radius 1 is 1.27 bits per heavy atom. The van der Waals surface area contributed by atoms with E-state index in [1.54, 1.807) is 6.07 Å². The first kappa shape index (κ1) is 19.1. The molecule has 1 amide bonds. The van der Waals surface area contributed by atoms with Crippen LogP contribution in [0.25, 0.3) is 6.08 Å². The average molecular weight is 376 g/mol. The van der Waals surface area contributed by atoms with Crippen LogP contribution in [0.15, 0.2) is 48.7 Å². The van der Waals surface area contributed by atoms with Crippen LogP contribution in [0.4, 0.5) is 11.5 Å². The van der Waals surface area contributed by atoms with Gasteiger partial charge in [0.05, 0.1) is 9.95 Å². The fourth-order valence-electron chi connectivity index (χ4n) is 1.82. The number of hydrogen-bond acceptors (Lipinski definition) is 6. The van der Waals surface area contributed by atoms with Gasteiger partial charge >= 0.3 is 5.97 Å². The number of pyridine rings is 1. The normalized spacial score (nSPS) is 11.8. The fourth-order valence-corrected chi connectivity index (χ4v) is 1.93. The summed E-state index contributed by atoms with van der Waals surface area (Å²) in [6.45, 7) is 1.42. The van der Waals surface area contributed by atoms with E-state index in [4.69, 9.17) is 16.3 Å². The molecule has 1 heterocycles. The molecule has 134 valence electrons. The maximum atomic E-state index is 12.0. The van der Waals surface area contributed by atoms with Crippen LogP contribution in [0.2, 0.25) is 5.02 Å². The summed E-state index contributed by atoms with van der Waals surface area (Å²) in [5.74, 6) is -0.990. The molecule has 26 heavy (non-hydrogen) atoms. The third-order valence-corrected chi connectivity index (χ3v) is 3.38. The molecule has 2 rings (SSSR count). The van der Waals surface area contributed by atoms with Gasteiger partial charge in [0.25, 0.3) is 11.6 Å². The zero-order valence-corrected chi connectivity index (χ0v) is 14.3. The number of benzene rings is 1. The number of nitro benzene ring substituents is 1. The van der Waals surface area contributed by atoms with Crippen molar-refractivity contribution in [2.75, 3.05) is 5.32 Å². The Morgan fingerprint density at radius 2 is 1.96 bits per heavy atom. The quantitative estimate of drug-likeness (QED) is 0.359. The monoisotopic (exact) mass is 375 g/mol. The van der Waals surface area contributed by atoms with E-state index in [1.807, 2.05) is 0 Å². The van der Waals surface area contributed by atoms with Gasteiger partial charge in [0.1, 0.15) is 5.82 Å². The van der Waals surface area contributed by atoms with E-state index in [1.165, 1.54) is 49.5 Å². The van der Waals surface area contributed by atoms with E-state index in [2.05, 4.69) is 10.3 Å². The molecule has 0 aliphatic rings. The van der Waals surface area contributed by atoms with E-state index in [0.29, 0.717) is 10.6 Å². The molecule has 0 fully saturated rings. The van der Waals surface area contributed by atoms with Crippen molar-refractivity contribution in [3.05, 3.63) is 69.4 Å². The summed E-state index contributed by atoms with van der Waals surface area (Å²) in [5, 5.41) is 13.5. The minimum Gasteiger partial charge on any atom is -0.449 e. The SMILES string of the molecule is C[C@@H](OC(=O)/C=C/c1ccc([N+](=O)[O-])cc1)C(=O)Nc1ccc(Cl)cn1. The molecular weight excluding hydrogens is 362 g/mol. The molecule has 0 aliphatic carbocycles. The van der Waals surface area contributed by atoms with E-state index >= 15 is 0 Å². The number of halogens is 1. The van der Waals surface area contributed by atoms with Gasteiger partial charge < -0.3 is 10.1 Å². The standard InChI is InChI=1S/C17H14ClN3O5/c1-11(17(23)20-15-8-5-13(18)10-19-15)26-16(22)9-4-12-2-6-14(7-3-12)21(24)25/h2-11H,1H3,(H,19,20,23)/b9-4+/t11-/m1/s1. The zero-order valence-electron chi connectivity index (χ0n) is 13.6. The highest BCUT2D eigenvalue weighted by Gasteiger charge is 2.17. The Kier molecular flexibility index (Phi) is 6.40. The Labute approximate surface area is 153 Å². The first-order valence-corrected chi connectivity index (χ1v) is 7.78. The predicted molar refractivity (Wildman–Crippen MR) is 95.6 cm³/mol. The number of ether oxygens (including phenoxy) is 1. The van der Waals surface area contributed by atoms with Crippen LogP contribution in [0.1, 0.15) is 12.5 Å². The molecule has 1 atom stereocenters. The Hall–Kier alpha value is -3.26. The molecule has 9 heteroatoms. The van der Waals surface area contributed by atoms with Crippen molar-refractivity contribution in [1.82, 2.24) is 4.98 Å². The van der Waals surface area contributed by atoms with Gasteiger partial charge in [-0.1, -0.05) is 11.6 Å². The highest BCUT2D eigenvalue weighted by molar-refractivity contribution is 6.30. The lowest BCUT2D eigenvalue weighted by Gasteiger charge is -2.11. The third-order valence-electron chi connectivity index (χ3n) is 3.16. The van der Waals surface area contributed by atoms with Crippen LogP contribution < -0.4 is 5.32 Å². The Morgan fingerprint density at radius 3 is 2.54 bits per heavy atom. The van der Waals surface area contributed by atoms with Crippen LogP contribution in [0.3, 0.4) is 0 Å². The van der Waals surface area contributed by atoms with Crippen LogP contribution in [-0.2, 0) is 14.3 Å². The highest BCUT2D eigenvalue weighted by Crippen LogP contribution is 2.13. The van der Waals surface area contributed by atoms with E-state index < -0.39 is 22.9 Å². The Bertz CT molecular complexity index is 834. The van der Waals surface area contributed by atoms with Crippen LogP contribution in [-0.4, -0.2) is 27.9 Å². The van der Waals surface area contributed by atoms with Crippen molar-refractivity contribution in [1.29, 1.82) is 0 Å². The van der Waals surface area contributed by atoms with Gasteiger partial charge in [-0.25, -0.2) is 9.78 Å². The van der Waals surface area contributed by atoms with Gasteiger partial charge in [0.2, 0.25) is 0 Å². The number of esters is 1. The molecule has 8 nitrogen and oxygen atoms in total. The first-order valence-electron chi connectivity index (χ1n) is 7.41. The van der Waals surface area contributed by atoms with E-state index in [9.17, 15) is 19.7 Å². The molecule has 1 aromatic heterocycles. The van der Waals surface area contributed by atoms with Crippen LogP contribution >= 0.6 is 11.6 Å². The van der Waals surface area contributed by atoms with Gasteiger partial charge in [-0.15, -0.1) is 0 Å². The van der Waals surface area contributed by atoms with E-state index in [0.717, 1.165) is 6.08 Å². The van der Waals surface area contributed by atoms with Crippen LogP contribution in [0.5, 0.6) is 0 Å². The summed E-state index contributed by atoms with van der Waals surface area (Å²) in [6.07, 6.45) is 2.89. The molecule has 0 unspecified atom stereocenters. The average Bonchev–Trinajstić information content (AvgIpc) is 2.62. The van der Waals surface area contributed by atoms with Crippen LogP contribution in [0, 0.1) is 10.1 Å².